The highest BCUT2D eigenvalue weighted by molar-refractivity contribution is 5.68. The molecule has 0 aliphatic heterocycles. The fourth-order valence-electron chi connectivity index (χ4n) is 2.87. The SMILES string of the molecule is Cn1nc(C2CC2)c2c1CCC2CC(=O)O. The van der Waals surface area contributed by atoms with Gasteiger partial charge in [0.15, 0.2) is 0 Å². The second-order valence-corrected chi connectivity index (χ2v) is 4.98. The first-order chi connectivity index (χ1) is 7.66. The number of hydrogen-bond donors (Lipinski definition) is 1. The number of aliphatic carboxylic acids is 1. The molecule has 0 aromatic carbocycles. The second kappa shape index (κ2) is 3.34. The topological polar surface area (TPSA) is 55.1 Å². The van der Waals surface area contributed by atoms with Crippen LogP contribution in [0.4, 0.5) is 0 Å². The Hall–Kier alpha value is -1.32. The molecule has 2 aliphatic carbocycles. The molecule has 2 aliphatic rings. The van der Waals surface area contributed by atoms with Crippen molar-refractivity contribution in [3.63, 3.8) is 0 Å². The highest BCUT2D eigenvalue weighted by atomic mass is 16.4. The fourth-order valence-corrected chi connectivity index (χ4v) is 2.87. The van der Waals surface area contributed by atoms with Gasteiger partial charge in [-0.3, -0.25) is 9.48 Å². The van der Waals surface area contributed by atoms with Gasteiger partial charge in [0.25, 0.3) is 0 Å². The minimum atomic E-state index is -0.691. The summed E-state index contributed by atoms with van der Waals surface area (Å²) in [4.78, 5) is 10.8. The third kappa shape index (κ3) is 1.44. The number of rotatable bonds is 3. The van der Waals surface area contributed by atoms with E-state index < -0.39 is 5.97 Å². The summed E-state index contributed by atoms with van der Waals surface area (Å²) in [6.45, 7) is 0. The van der Waals surface area contributed by atoms with E-state index in [1.807, 2.05) is 11.7 Å². The van der Waals surface area contributed by atoms with Gasteiger partial charge in [-0.25, -0.2) is 0 Å². The van der Waals surface area contributed by atoms with Crippen molar-refractivity contribution < 1.29 is 9.90 Å². The van der Waals surface area contributed by atoms with E-state index in [1.165, 1.54) is 29.8 Å². The van der Waals surface area contributed by atoms with Crippen molar-refractivity contribution in [1.29, 1.82) is 0 Å². The normalized spacial score (nSPS) is 23.4. The van der Waals surface area contributed by atoms with Crippen LogP contribution < -0.4 is 0 Å². The number of carboxylic acids is 1. The van der Waals surface area contributed by atoms with Crippen molar-refractivity contribution in [3.8, 4) is 0 Å². The first-order valence-electron chi connectivity index (χ1n) is 5.94. The summed E-state index contributed by atoms with van der Waals surface area (Å²) in [5, 5.41) is 13.5. The zero-order valence-corrected chi connectivity index (χ0v) is 9.44. The summed E-state index contributed by atoms with van der Waals surface area (Å²) in [5.41, 5.74) is 3.74. The Morgan fingerprint density at radius 3 is 2.88 bits per heavy atom. The summed E-state index contributed by atoms with van der Waals surface area (Å²) in [5.74, 6) is 0.129. The van der Waals surface area contributed by atoms with Gasteiger partial charge in [0.2, 0.25) is 0 Å². The summed E-state index contributed by atoms with van der Waals surface area (Å²) < 4.78 is 1.96. The van der Waals surface area contributed by atoms with Gasteiger partial charge in [0.05, 0.1) is 12.1 Å². The molecular formula is C12H16N2O2. The maximum atomic E-state index is 10.8. The number of carbonyl (C=O) groups is 1. The highest BCUT2D eigenvalue weighted by Crippen LogP contribution is 2.47. The van der Waals surface area contributed by atoms with Gasteiger partial charge >= 0.3 is 5.97 Å². The van der Waals surface area contributed by atoms with Gasteiger partial charge in [-0.1, -0.05) is 0 Å². The van der Waals surface area contributed by atoms with Crippen LogP contribution in [0.15, 0.2) is 0 Å². The van der Waals surface area contributed by atoms with E-state index in [2.05, 4.69) is 5.10 Å². The van der Waals surface area contributed by atoms with Crippen LogP contribution in [-0.4, -0.2) is 20.9 Å². The molecule has 1 heterocycles. The lowest BCUT2D eigenvalue weighted by atomic mass is 9.96. The average Bonchev–Trinajstić information content (AvgIpc) is 2.89. The number of aryl methyl sites for hydroxylation is 1. The van der Waals surface area contributed by atoms with Crippen molar-refractivity contribution in [2.24, 2.45) is 7.05 Å². The standard InChI is InChI=1S/C12H16N2O2/c1-14-9-5-4-8(6-10(15)16)11(9)12(13-14)7-2-3-7/h7-8H,2-6H2,1H3,(H,15,16). The van der Waals surface area contributed by atoms with Gasteiger partial charge in [-0.05, 0) is 31.6 Å². The molecule has 0 bridgehead atoms. The van der Waals surface area contributed by atoms with Crippen LogP contribution in [-0.2, 0) is 18.3 Å². The quantitative estimate of drug-likeness (QED) is 0.845. The van der Waals surface area contributed by atoms with E-state index in [0.717, 1.165) is 12.8 Å². The lowest BCUT2D eigenvalue weighted by Crippen LogP contribution is -2.04. The molecule has 0 amide bonds. The highest BCUT2D eigenvalue weighted by Gasteiger charge is 2.37. The van der Waals surface area contributed by atoms with Crippen molar-refractivity contribution in [2.75, 3.05) is 0 Å². The van der Waals surface area contributed by atoms with E-state index >= 15 is 0 Å². The molecule has 0 saturated heterocycles. The number of hydrogen-bond acceptors (Lipinski definition) is 2. The second-order valence-electron chi connectivity index (χ2n) is 4.98. The number of aromatic nitrogens is 2. The van der Waals surface area contributed by atoms with Gasteiger partial charge in [0, 0.05) is 24.2 Å². The molecule has 1 atom stereocenters. The van der Waals surface area contributed by atoms with E-state index in [0.29, 0.717) is 5.92 Å². The average molecular weight is 220 g/mol. The number of carboxylic acid groups (broad SMARTS) is 1. The van der Waals surface area contributed by atoms with Crippen LogP contribution in [0.1, 0.15) is 54.5 Å². The molecule has 1 saturated carbocycles. The van der Waals surface area contributed by atoms with Crippen LogP contribution in [0.5, 0.6) is 0 Å². The third-order valence-corrected chi connectivity index (χ3v) is 3.76. The first kappa shape index (κ1) is 9.87. The molecule has 1 N–H and O–H groups in total. The predicted molar refractivity (Wildman–Crippen MR) is 58.5 cm³/mol. The minimum Gasteiger partial charge on any atom is -0.481 e. The lowest BCUT2D eigenvalue weighted by Gasteiger charge is -2.08. The summed E-state index contributed by atoms with van der Waals surface area (Å²) in [7, 11) is 1.98. The van der Waals surface area contributed by atoms with Crippen molar-refractivity contribution in [2.45, 2.75) is 43.9 Å². The zero-order valence-electron chi connectivity index (χ0n) is 9.44. The molecule has 0 spiro atoms. The van der Waals surface area contributed by atoms with Gasteiger partial charge in [0.1, 0.15) is 0 Å². The maximum Gasteiger partial charge on any atom is 0.303 e. The monoisotopic (exact) mass is 220 g/mol. The Morgan fingerprint density at radius 2 is 2.25 bits per heavy atom. The molecule has 1 fully saturated rings. The lowest BCUT2D eigenvalue weighted by molar-refractivity contribution is -0.137. The molecule has 3 rings (SSSR count). The maximum absolute atomic E-state index is 10.8. The zero-order chi connectivity index (χ0) is 11.3. The van der Waals surface area contributed by atoms with E-state index in [1.54, 1.807) is 0 Å². The molecule has 1 aromatic heterocycles. The molecular weight excluding hydrogens is 204 g/mol. The van der Waals surface area contributed by atoms with Gasteiger partial charge in [-0.15, -0.1) is 0 Å². The van der Waals surface area contributed by atoms with Crippen LogP contribution in [0.3, 0.4) is 0 Å². The predicted octanol–water partition coefficient (Wildman–Crippen LogP) is 1.80. The molecule has 1 unspecified atom stereocenters. The van der Waals surface area contributed by atoms with Gasteiger partial charge < -0.3 is 5.11 Å². The van der Waals surface area contributed by atoms with E-state index in [4.69, 9.17) is 5.11 Å². The Balaban J connectivity index is 1.98. The van der Waals surface area contributed by atoms with E-state index in [9.17, 15) is 4.79 Å². The molecule has 4 heteroatoms. The number of nitrogens with zero attached hydrogens (tertiary/aromatic N) is 2. The van der Waals surface area contributed by atoms with Crippen LogP contribution in [0.25, 0.3) is 0 Å². The number of fused-ring (bicyclic) bond motifs is 1. The van der Waals surface area contributed by atoms with E-state index in [-0.39, 0.29) is 12.3 Å². The van der Waals surface area contributed by atoms with Crippen LogP contribution in [0.2, 0.25) is 0 Å². The third-order valence-electron chi connectivity index (χ3n) is 3.76. The Bertz CT molecular complexity index is 446. The smallest absolute Gasteiger partial charge is 0.303 e. The Morgan fingerprint density at radius 1 is 1.50 bits per heavy atom. The van der Waals surface area contributed by atoms with Crippen LogP contribution in [0, 0.1) is 0 Å². The Labute approximate surface area is 94.3 Å². The fraction of sp³-hybridized carbons (Fsp3) is 0.667. The molecule has 1 aromatic rings. The molecule has 16 heavy (non-hydrogen) atoms. The summed E-state index contributed by atoms with van der Waals surface area (Å²) >= 11 is 0. The molecule has 86 valence electrons. The van der Waals surface area contributed by atoms with Gasteiger partial charge in [-0.2, -0.15) is 5.10 Å². The molecule has 4 nitrogen and oxygen atoms in total. The molecule has 0 radical (unpaired) electrons. The largest absolute Gasteiger partial charge is 0.481 e. The first-order valence-corrected chi connectivity index (χ1v) is 5.94. The van der Waals surface area contributed by atoms with Crippen molar-refractivity contribution in [3.05, 3.63) is 17.0 Å². The van der Waals surface area contributed by atoms with Crippen molar-refractivity contribution >= 4 is 5.97 Å². The van der Waals surface area contributed by atoms with Crippen LogP contribution >= 0.6 is 0 Å². The minimum absolute atomic E-state index is 0.205. The Kier molecular flexibility index (Phi) is 2.06. The van der Waals surface area contributed by atoms with Crippen molar-refractivity contribution in [1.82, 2.24) is 9.78 Å². The summed E-state index contributed by atoms with van der Waals surface area (Å²) in [6, 6.07) is 0. The summed E-state index contributed by atoms with van der Waals surface area (Å²) in [6.07, 6.45) is 4.68.